The van der Waals surface area contributed by atoms with Gasteiger partial charge >= 0.3 is 5.97 Å². The van der Waals surface area contributed by atoms with Gasteiger partial charge in [0.15, 0.2) is 8.32 Å². The van der Waals surface area contributed by atoms with E-state index in [0.717, 1.165) is 0 Å². The summed E-state index contributed by atoms with van der Waals surface area (Å²) in [6, 6.07) is 0. The number of methoxy groups -OCH3 is 1. The standard InChI is InChI=1S/C16H26O5Si/c1-16(2,3)22(5,6)21-11-9-10(7-8-12(17)19-4)13(18)15-14(11)20-15/h7-9,11,13-15,18H,1-6H3/b8-7+/t11-,13+,14+,15-/m1/s1. The third-order valence-corrected chi connectivity index (χ3v) is 9.22. The normalized spacial score (nSPS) is 31.7. The Hall–Kier alpha value is -0.953. The summed E-state index contributed by atoms with van der Waals surface area (Å²) >= 11 is 0. The Balaban J connectivity index is 2.17. The lowest BCUT2D eigenvalue weighted by molar-refractivity contribution is -0.134. The van der Waals surface area contributed by atoms with Crippen molar-refractivity contribution in [2.24, 2.45) is 0 Å². The molecular weight excluding hydrogens is 300 g/mol. The molecule has 5 nitrogen and oxygen atoms in total. The lowest BCUT2D eigenvalue weighted by Crippen LogP contribution is -2.46. The fraction of sp³-hybridized carbons (Fsp3) is 0.688. The topological polar surface area (TPSA) is 68.3 Å². The summed E-state index contributed by atoms with van der Waals surface area (Å²) in [5.41, 5.74) is 0.646. The molecule has 4 atom stereocenters. The molecule has 0 aromatic rings. The van der Waals surface area contributed by atoms with Crippen LogP contribution in [0.15, 0.2) is 23.8 Å². The maximum atomic E-state index is 11.2. The maximum absolute atomic E-state index is 11.2. The fourth-order valence-electron chi connectivity index (χ4n) is 2.23. The minimum absolute atomic E-state index is 0.0839. The first kappa shape index (κ1) is 17.4. The van der Waals surface area contributed by atoms with Gasteiger partial charge in [-0.1, -0.05) is 20.8 Å². The quantitative estimate of drug-likeness (QED) is 0.371. The molecule has 1 aliphatic heterocycles. The molecular formula is C16H26O5Si. The van der Waals surface area contributed by atoms with E-state index in [1.165, 1.54) is 13.2 Å². The molecule has 2 rings (SSSR count). The van der Waals surface area contributed by atoms with Crippen LogP contribution in [0.25, 0.3) is 0 Å². The average molecular weight is 326 g/mol. The number of esters is 1. The minimum Gasteiger partial charge on any atom is -0.466 e. The summed E-state index contributed by atoms with van der Waals surface area (Å²) in [6.45, 7) is 10.9. The van der Waals surface area contributed by atoms with Crippen LogP contribution in [0.2, 0.25) is 18.1 Å². The highest BCUT2D eigenvalue weighted by molar-refractivity contribution is 6.74. The van der Waals surface area contributed by atoms with Crippen LogP contribution in [-0.4, -0.2) is 50.9 Å². The summed E-state index contributed by atoms with van der Waals surface area (Å²) < 4.78 is 16.5. The fourth-order valence-corrected chi connectivity index (χ4v) is 3.47. The van der Waals surface area contributed by atoms with Gasteiger partial charge in [-0.2, -0.15) is 0 Å². The highest BCUT2D eigenvalue weighted by Crippen LogP contribution is 2.43. The molecule has 0 saturated carbocycles. The monoisotopic (exact) mass is 326 g/mol. The van der Waals surface area contributed by atoms with Gasteiger partial charge in [0.25, 0.3) is 0 Å². The first-order chi connectivity index (χ1) is 10.1. The van der Waals surface area contributed by atoms with E-state index in [-0.39, 0.29) is 23.4 Å². The Labute approximate surface area is 133 Å². The largest absolute Gasteiger partial charge is 0.466 e. The molecule has 1 heterocycles. The Morgan fingerprint density at radius 1 is 1.36 bits per heavy atom. The van der Waals surface area contributed by atoms with Gasteiger partial charge in [0.2, 0.25) is 0 Å². The first-order valence-electron chi connectivity index (χ1n) is 7.56. The molecule has 2 aliphatic rings. The second kappa shape index (κ2) is 5.92. The Kier molecular flexibility index (Phi) is 4.68. The van der Waals surface area contributed by atoms with Gasteiger partial charge in [0.05, 0.1) is 13.2 Å². The van der Waals surface area contributed by atoms with E-state index in [4.69, 9.17) is 9.16 Å². The van der Waals surface area contributed by atoms with Crippen LogP contribution >= 0.6 is 0 Å². The number of epoxide rings is 1. The van der Waals surface area contributed by atoms with Crippen molar-refractivity contribution in [3.05, 3.63) is 23.8 Å². The van der Waals surface area contributed by atoms with Crippen LogP contribution in [0.3, 0.4) is 0 Å². The zero-order chi connectivity index (χ0) is 16.7. The van der Waals surface area contributed by atoms with E-state index in [0.29, 0.717) is 5.57 Å². The van der Waals surface area contributed by atoms with Crippen LogP contribution in [0.5, 0.6) is 0 Å². The summed E-state index contributed by atoms with van der Waals surface area (Å²) in [5, 5.41) is 10.3. The number of hydrogen-bond acceptors (Lipinski definition) is 5. The molecule has 124 valence electrons. The van der Waals surface area contributed by atoms with Crippen LogP contribution < -0.4 is 0 Å². The predicted octanol–water partition coefficient (Wildman–Crippen LogP) is 2.17. The number of aliphatic hydroxyl groups is 1. The van der Waals surface area contributed by atoms with Gasteiger partial charge in [-0.3, -0.25) is 0 Å². The van der Waals surface area contributed by atoms with Crippen molar-refractivity contribution in [3.8, 4) is 0 Å². The molecule has 0 bridgehead atoms. The SMILES string of the molecule is COC(=O)/C=C/C1=C[C@@H](O[Si](C)(C)C(C)(C)C)[C@@H]2O[C@@H]2[C@H]1O. The molecule has 1 aliphatic carbocycles. The molecule has 6 heteroatoms. The van der Waals surface area contributed by atoms with Crippen molar-refractivity contribution in [1.29, 1.82) is 0 Å². The van der Waals surface area contributed by atoms with Crippen molar-refractivity contribution in [2.75, 3.05) is 7.11 Å². The molecule has 0 spiro atoms. The van der Waals surface area contributed by atoms with E-state index >= 15 is 0 Å². The Morgan fingerprint density at radius 3 is 2.55 bits per heavy atom. The van der Waals surface area contributed by atoms with Gasteiger partial charge < -0.3 is 19.0 Å². The average Bonchev–Trinajstić information content (AvgIpc) is 3.19. The first-order valence-corrected chi connectivity index (χ1v) is 10.5. The van der Waals surface area contributed by atoms with Crippen molar-refractivity contribution in [3.63, 3.8) is 0 Å². The van der Waals surface area contributed by atoms with E-state index in [2.05, 4.69) is 38.6 Å². The number of fused-ring (bicyclic) bond motifs is 1. The maximum Gasteiger partial charge on any atom is 0.330 e. The lowest BCUT2D eigenvalue weighted by atomic mass is 9.94. The summed E-state index contributed by atoms with van der Waals surface area (Å²) in [4.78, 5) is 11.2. The second-order valence-electron chi connectivity index (χ2n) is 7.38. The summed E-state index contributed by atoms with van der Waals surface area (Å²) in [6.07, 6.45) is 3.55. The van der Waals surface area contributed by atoms with Gasteiger partial charge in [-0.05, 0) is 35.9 Å². The zero-order valence-corrected chi connectivity index (χ0v) is 15.1. The van der Waals surface area contributed by atoms with E-state index in [1.54, 1.807) is 6.08 Å². The third-order valence-electron chi connectivity index (χ3n) is 4.74. The molecule has 1 fully saturated rings. The number of rotatable bonds is 4. The van der Waals surface area contributed by atoms with Crippen LogP contribution in [-0.2, 0) is 18.7 Å². The molecule has 0 unspecified atom stereocenters. The molecule has 22 heavy (non-hydrogen) atoms. The zero-order valence-electron chi connectivity index (χ0n) is 14.1. The third kappa shape index (κ3) is 3.51. The van der Waals surface area contributed by atoms with Gasteiger partial charge in [-0.25, -0.2) is 4.79 Å². The van der Waals surface area contributed by atoms with Gasteiger partial charge in [-0.15, -0.1) is 0 Å². The van der Waals surface area contributed by atoms with Crippen molar-refractivity contribution < 1.29 is 23.8 Å². The van der Waals surface area contributed by atoms with Crippen LogP contribution in [0.4, 0.5) is 0 Å². The highest BCUT2D eigenvalue weighted by Gasteiger charge is 2.55. The van der Waals surface area contributed by atoms with Crippen LogP contribution in [0.1, 0.15) is 20.8 Å². The summed E-state index contributed by atoms with van der Waals surface area (Å²) in [5.74, 6) is -0.450. The van der Waals surface area contributed by atoms with E-state index in [1.807, 2.05) is 6.08 Å². The predicted molar refractivity (Wildman–Crippen MR) is 86.0 cm³/mol. The van der Waals surface area contributed by atoms with E-state index in [9.17, 15) is 9.90 Å². The van der Waals surface area contributed by atoms with Crippen LogP contribution in [0, 0.1) is 0 Å². The number of aliphatic hydroxyl groups excluding tert-OH is 1. The minimum atomic E-state index is -1.93. The number of carbonyl (C=O) groups is 1. The molecule has 0 aromatic carbocycles. The molecule has 0 radical (unpaired) electrons. The molecule has 1 N–H and O–H groups in total. The van der Waals surface area contributed by atoms with Gasteiger partial charge in [0, 0.05) is 6.08 Å². The summed E-state index contributed by atoms with van der Waals surface area (Å²) in [7, 11) is -0.611. The van der Waals surface area contributed by atoms with Crippen molar-refractivity contribution in [1.82, 2.24) is 0 Å². The number of hydrogen-bond donors (Lipinski definition) is 1. The molecule has 0 amide bonds. The Bertz CT molecular complexity index is 503. The van der Waals surface area contributed by atoms with E-state index < -0.39 is 20.4 Å². The lowest BCUT2D eigenvalue weighted by Gasteiger charge is -2.39. The second-order valence-corrected chi connectivity index (χ2v) is 12.1. The van der Waals surface area contributed by atoms with Crippen molar-refractivity contribution >= 4 is 14.3 Å². The van der Waals surface area contributed by atoms with Crippen molar-refractivity contribution in [2.45, 2.75) is 63.3 Å². The smallest absolute Gasteiger partial charge is 0.330 e. The molecule has 0 aromatic heterocycles. The molecule has 1 saturated heterocycles. The highest BCUT2D eigenvalue weighted by atomic mass is 28.4. The Morgan fingerprint density at radius 2 is 2.00 bits per heavy atom. The number of ether oxygens (including phenoxy) is 2. The van der Waals surface area contributed by atoms with Gasteiger partial charge in [0.1, 0.15) is 18.3 Å². The number of carbonyl (C=O) groups excluding carboxylic acids is 1.